The van der Waals surface area contributed by atoms with Gasteiger partial charge in [0.15, 0.2) is 0 Å². The van der Waals surface area contributed by atoms with Crippen LogP contribution in [0.4, 0.5) is 0 Å². The van der Waals surface area contributed by atoms with Gasteiger partial charge < -0.3 is 15.3 Å². The lowest BCUT2D eigenvalue weighted by atomic mass is 10.1. The van der Waals surface area contributed by atoms with Gasteiger partial charge in [-0.3, -0.25) is 9.69 Å². The van der Waals surface area contributed by atoms with Gasteiger partial charge in [0, 0.05) is 64.8 Å². The summed E-state index contributed by atoms with van der Waals surface area (Å²) in [4.78, 5) is 15.9. The van der Waals surface area contributed by atoms with Crippen LogP contribution in [-0.2, 0) is 4.79 Å². The van der Waals surface area contributed by atoms with Crippen molar-refractivity contribution in [1.29, 1.82) is 0 Å². The first kappa shape index (κ1) is 11.8. The van der Waals surface area contributed by atoms with E-state index < -0.39 is 0 Å². The van der Waals surface area contributed by atoms with E-state index in [-0.39, 0.29) is 18.4 Å². The molecular formula is C11H21N3O2. The number of aliphatic hydroxyl groups is 1. The van der Waals surface area contributed by atoms with Crippen molar-refractivity contribution in [2.45, 2.75) is 6.42 Å². The van der Waals surface area contributed by atoms with Gasteiger partial charge in [-0.25, -0.2) is 0 Å². The fourth-order valence-corrected chi connectivity index (χ4v) is 2.39. The summed E-state index contributed by atoms with van der Waals surface area (Å²) < 4.78 is 0. The van der Waals surface area contributed by atoms with E-state index in [0.29, 0.717) is 6.42 Å². The van der Waals surface area contributed by atoms with E-state index in [9.17, 15) is 4.79 Å². The van der Waals surface area contributed by atoms with Crippen LogP contribution < -0.4 is 5.32 Å². The second-order valence-electron chi connectivity index (χ2n) is 4.68. The zero-order valence-electron chi connectivity index (χ0n) is 9.69. The number of nitrogens with one attached hydrogen (secondary N) is 1. The first-order chi connectivity index (χ1) is 7.79. The largest absolute Gasteiger partial charge is 0.396 e. The Morgan fingerprint density at radius 3 is 2.69 bits per heavy atom. The number of aliphatic hydroxyl groups excluding tert-OH is 1. The maximum Gasteiger partial charge on any atom is 0.223 e. The summed E-state index contributed by atoms with van der Waals surface area (Å²) in [6.07, 6.45) is 0.526. The molecule has 2 N–H and O–H groups in total. The number of hydrogen-bond acceptors (Lipinski definition) is 4. The molecule has 0 saturated carbocycles. The highest BCUT2D eigenvalue weighted by molar-refractivity contribution is 5.78. The fraction of sp³-hybridized carbons (Fsp3) is 0.909. The quantitative estimate of drug-likeness (QED) is 0.629. The predicted octanol–water partition coefficient (Wildman–Crippen LogP) is -1.27. The summed E-state index contributed by atoms with van der Waals surface area (Å²) in [5, 5.41) is 12.3. The summed E-state index contributed by atoms with van der Waals surface area (Å²) >= 11 is 0. The van der Waals surface area contributed by atoms with Crippen LogP contribution in [0.2, 0.25) is 0 Å². The predicted molar refractivity (Wildman–Crippen MR) is 61.1 cm³/mol. The maximum atomic E-state index is 11.6. The van der Waals surface area contributed by atoms with Crippen LogP contribution in [0.15, 0.2) is 0 Å². The number of carbonyl (C=O) groups is 1. The molecule has 92 valence electrons. The lowest BCUT2D eigenvalue weighted by Gasteiger charge is -2.29. The van der Waals surface area contributed by atoms with Crippen LogP contribution in [0.1, 0.15) is 6.42 Å². The highest BCUT2D eigenvalue weighted by Gasteiger charge is 2.28. The fourth-order valence-electron chi connectivity index (χ4n) is 2.39. The molecule has 0 aromatic carbocycles. The Kier molecular flexibility index (Phi) is 4.15. The van der Waals surface area contributed by atoms with Crippen molar-refractivity contribution in [3.63, 3.8) is 0 Å². The van der Waals surface area contributed by atoms with Crippen molar-refractivity contribution in [3.05, 3.63) is 0 Å². The molecule has 0 spiro atoms. The summed E-state index contributed by atoms with van der Waals surface area (Å²) in [6.45, 7) is 6.90. The van der Waals surface area contributed by atoms with E-state index in [1.807, 2.05) is 4.90 Å². The van der Waals surface area contributed by atoms with Gasteiger partial charge in [-0.1, -0.05) is 0 Å². The molecule has 0 aliphatic carbocycles. The lowest BCUT2D eigenvalue weighted by molar-refractivity contribution is -0.127. The number of amides is 1. The van der Waals surface area contributed by atoms with Gasteiger partial charge in [-0.2, -0.15) is 0 Å². The van der Waals surface area contributed by atoms with Gasteiger partial charge in [0.2, 0.25) is 5.91 Å². The van der Waals surface area contributed by atoms with Gasteiger partial charge in [0.05, 0.1) is 0 Å². The molecule has 1 unspecified atom stereocenters. The molecule has 0 aromatic heterocycles. The number of carbonyl (C=O) groups excluding carboxylic acids is 1. The first-order valence-electron chi connectivity index (χ1n) is 6.11. The van der Waals surface area contributed by atoms with Gasteiger partial charge in [0.25, 0.3) is 0 Å². The lowest BCUT2D eigenvalue weighted by Crippen LogP contribution is -2.46. The molecule has 16 heavy (non-hydrogen) atoms. The molecule has 5 nitrogen and oxygen atoms in total. The normalized spacial score (nSPS) is 27.7. The third-order valence-electron chi connectivity index (χ3n) is 3.45. The van der Waals surface area contributed by atoms with E-state index in [1.165, 1.54) is 0 Å². The molecule has 2 saturated heterocycles. The second kappa shape index (κ2) is 5.61. The summed E-state index contributed by atoms with van der Waals surface area (Å²) in [7, 11) is 0. The third-order valence-corrected chi connectivity index (χ3v) is 3.45. The smallest absolute Gasteiger partial charge is 0.223 e. The van der Waals surface area contributed by atoms with Gasteiger partial charge in [0.1, 0.15) is 0 Å². The SMILES string of the molecule is O=C1CC(CO)CN1CCN1CCNCC1. The van der Waals surface area contributed by atoms with Crippen LogP contribution in [0.5, 0.6) is 0 Å². The Labute approximate surface area is 96.4 Å². The standard InChI is InChI=1S/C11H21N3O2/c15-9-10-7-11(16)14(8-10)6-5-13-3-1-12-2-4-13/h10,12,15H,1-9H2. The van der Waals surface area contributed by atoms with Crippen molar-refractivity contribution in [1.82, 2.24) is 15.1 Å². The van der Waals surface area contributed by atoms with E-state index in [1.54, 1.807) is 0 Å². The highest BCUT2D eigenvalue weighted by Crippen LogP contribution is 2.16. The molecule has 1 atom stereocenters. The number of rotatable bonds is 4. The molecule has 0 bridgehead atoms. The third kappa shape index (κ3) is 2.93. The average molecular weight is 227 g/mol. The number of piperazine rings is 1. The Balaban J connectivity index is 1.71. The molecular weight excluding hydrogens is 206 g/mol. The second-order valence-corrected chi connectivity index (χ2v) is 4.68. The molecule has 2 heterocycles. The minimum Gasteiger partial charge on any atom is -0.396 e. The number of hydrogen-bond donors (Lipinski definition) is 2. The minimum atomic E-state index is 0.135. The molecule has 1 amide bonds. The Morgan fingerprint density at radius 1 is 1.31 bits per heavy atom. The molecule has 5 heteroatoms. The molecule has 2 aliphatic rings. The van der Waals surface area contributed by atoms with Crippen molar-refractivity contribution >= 4 is 5.91 Å². The van der Waals surface area contributed by atoms with E-state index in [2.05, 4.69) is 10.2 Å². The Morgan fingerprint density at radius 2 is 2.06 bits per heavy atom. The number of nitrogens with zero attached hydrogens (tertiary/aromatic N) is 2. The van der Waals surface area contributed by atoms with Crippen LogP contribution in [0, 0.1) is 5.92 Å². The van der Waals surface area contributed by atoms with Gasteiger partial charge in [-0.05, 0) is 0 Å². The summed E-state index contributed by atoms with van der Waals surface area (Å²) in [5.41, 5.74) is 0. The van der Waals surface area contributed by atoms with Crippen molar-refractivity contribution < 1.29 is 9.90 Å². The zero-order valence-corrected chi connectivity index (χ0v) is 9.69. The summed E-state index contributed by atoms with van der Waals surface area (Å²) in [6, 6.07) is 0. The monoisotopic (exact) mass is 227 g/mol. The molecule has 0 aromatic rings. The minimum absolute atomic E-state index is 0.135. The maximum absolute atomic E-state index is 11.6. The zero-order chi connectivity index (χ0) is 11.4. The van der Waals surface area contributed by atoms with Crippen molar-refractivity contribution in [2.24, 2.45) is 5.92 Å². The van der Waals surface area contributed by atoms with Crippen molar-refractivity contribution in [2.75, 3.05) is 52.4 Å². The van der Waals surface area contributed by atoms with E-state index >= 15 is 0 Å². The average Bonchev–Trinajstić information content (AvgIpc) is 2.69. The Hall–Kier alpha value is -0.650. The summed E-state index contributed by atoms with van der Waals surface area (Å²) in [5.74, 6) is 0.365. The molecule has 2 fully saturated rings. The van der Waals surface area contributed by atoms with Gasteiger partial charge >= 0.3 is 0 Å². The molecule has 2 aliphatic heterocycles. The van der Waals surface area contributed by atoms with E-state index in [4.69, 9.17) is 5.11 Å². The molecule has 2 rings (SSSR count). The van der Waals surface area contributed by atoms with Crippen LogP contribution >= 0.6 is 0 Å². The number of likely N-dealkylation sites (tertiary alicyclic amines) is 1. The highest BCUT2D eigenvalue weighted by atomic mass is 16.3. The van der Waals surface area contributed by atoms with Crippen molar-refractivity contribution in [3.8, 4) is 0 Å². The van der Waals surface area contributed by atoms with Crippen LogP contribution in [-0.4, -0.2) is 73.2 Å². The topological polar surface area (TPSA) is 55.8 Å². The van der Waals surface area contributed by atoms with Gasteiger partial charge in [-0.15, -0.1) is 0 Å². The molecule has 0 radical (unpaired) electrons. The van der Waals surface area contributed by atoms with Crippen LogP contribution in [0.25, 0.3) is 0 Å². The Bertz CT molecular complexity index is 241. The van der Waals surface area contributed by atoms with Crippen LogP contribution in [0.3, 0.4) is 0 Å². The van der Waals surface area contributed by atoms with E-state index in [0.717, 1.165) is 45.8 Å². The first-order valence-corrected chi connectivity index (χ1v) is 6.11.